The Morgan fingerprint density at radius 3 is 2.45 bits per heavy atom. The van der Waals surface area contributed by atoms with Gasteiger partial charge in [0, 0.05) is 64.8 Å². The number of aromatic nitrogens is 2. The number of imidazole rings is 1. The number of piperazine rings is 1. The summed E-state index contributed by atoms with van der Waals surface area (Å²) in [6.45, 7) is 8.05. The van der Waals surface area contributed by atoms with E-state index >= 15 is 0 Å². The molecule has 0 bridgehead atoms. The van der Waals surface area contributed by atoms with Gasteiger partial charge in [-0.15, -0.1) is 0 Å². The lowest BCUT2D eigenvalue weighted by molar-refractivity contribution is 0.127. The van der Waals surface area contributed by atoms with Gasteiger partial charge in [-0.05, 0) is 23.3 Å². The first-order valence-corrected chi connectivity index (χ1v) is 10.2. The van der Waals surface area contributed by atoms with Crippen LogP contribution in [0, 0.1) is 5.82 Å². The molecule has 5 nitrogen and oxygen atoms in total. The fourth-order valence-corrected chi connectivity index (χ4v) is 3.75. The first-order chi connectivity index (χ1) is 14.3. The summed E-state index contributed by atoms with van der Waals surface area (Å²) in [6, 6.07) is 16.0. The zero-order chi connectivity index (χ0) is 19.9. The topological polar surface area (TPSA) is 36.3 Å². The van der Waals surface area contributed by atoms with Crippen LogP contribution < -0.4 is 5.32 Å². The van der Waals surface area contributed by atoms with E-state index in [2.05, 4.69) is 50.4 Å². The fraction of sp³-hybridized carbons (Fsp3) is 0.348. The smallest absolute Gasteiger partial charge is 0.147 e. The molecule has 0 radical (unpaired) electrons. The standard InChI is InChI=1S/C23H28FN5/c24-22-16-21(6-7-23(22)29-11-9-26-19-29)17-25-8-10-27-12-14-28(15-13-27)18-20-4-2-1-3-5-20/h1-7,9,11,16,19,25H,8,10,12-15,17-18H2. The molecule has 0 spiro atoms. The molecular formula is C23H28FN5. The van der Waals surface area contributed by atoms with E-state index < -0.39 is 0 Å². The predicted octanol–water partition coefficient (Wildman–Crippen LogP) is 2.92. The summed E-state index contributed by atoms with van der Waals surface area (Å²) in [5, 5.41) is 3.44. The molecule has 0 saturated carbocycles. The number of halogens is 1. The number of hydrogen-bond acceptors (Lipinski definition) is 4. The van der Waals surface area contributed by atoms with E-state index in [0.29, 0.717) is 12.2 Å². The van der Waals surface area contributed by atoms with Crippen molar-refractivity contribution < 1.29 is 4.39 Å². The van der Waals surface area contributed by atoms with Gasteiger partial charge in [0.25, 0.3) is 0 Å². The molecule has 152 valence electrons. The van der Waals surface area contributed by atoms with E-state index in [0.717, 1.165) is 51.4 Å². The van der Waals surface area contributed by atoms with Gasteiger partial charge >= 0.3 is 0 Å². The number of rotatable bonds is 8. The van der Waals surface area contributed by atoms with Crippen molar-refractivity contribution >= 4 is 0 Å². The lowest BCUT2D eigenvalue weighted by Crippen LogP contribution is -2.47. The van der Waals surface area contributed by atoms with Crippen LogP contribution in [-0.4, -0.2) is 58.6 Å². The van der Waals surface area contributed by atoms with Crippen molar-refractivity contribution in [1.82, 2.24) is 24.7 Å². The maximum atomic E-state index is 14.3. The van der Waals surface area contributed by atoms with Gasteiger partial charge in [-0.2, -0.15) is 0 Å². The maximum Gasteiger partial charge on any atom is 0.147 e. The minimum absolute atomic E-state index is 0.225. The van der Waals surface area contributed by atoms with Crippen LogP contribution in [0.3, 0.4) is 0 Å². The second kappa shape index (κ2) is 9.78. The molecule has 1 aliphatic rings. The second-order valence-electron chi connectivity index (χ2n) is 7.54. The van der Waals surface area contributed by atoms with Crippen molar-refractivity contribution in [3.05, 3.63) is 84.2 Å². The Kier molecular flexibility index (Phi) is 6.67. The Hall–Kier alpha value is -2.54. The number of benzene rings is 2. The van der Waals surface area contributed by atoms with Crippen LogP contribution >= 0.6 is 0 Å². The van der Waals surface area contributed by atoms with Gasteiger partial charge in [0.05, 0.1) is 12.0 Å². The van der Waals surface area contributed by atoms with E-state index in [4.69, 9.17) is 0 Å². The van der Waals surface area contributed by atoms with Gasteiger partial charge in [-0.25, -0.2) is 9.37 Å². The average molecular weight is 394 g/mol. The van der Waals surface area contributed by atoms with Gasteiger partial charge in [0.15, 0.2) is 0 Å². The summed E-state index contributed by atoms with van der Waals surface area (Å²) < 4.78 is 16.0. The highest BCUT2D eigenvalue weighted by atomic mass is 19.1. The molecule has 2 heterocycles. The highest BCUT2D eigenvalue weighted by Crippen LogP contribution is 2.15. The molecule has 3 aromatic rings. The van der Waals surface area contributed by atoms with Crippen LogP contribution in [0.4, 0.5) is 4.39 Å². The van der Waals surface area contributed by atoms with Gasteiger partial charge in [0.1, 0.15) is 5.82 Å². The molecule has 4 rings (SSSR count). The third-order valence-electron chi connectivity index (χ3n) is 5.44. The van der Waals surface area contributed by atoms with Crippen LogP contribution in [0.15, 0.2) is 67.3 Å². The van der Waals surface area contributed by atoms with Crippen LogP contribution in [0.25, 0.3) is 5.69 Å². The summed E-state index contributed by atoms with van der Waals surface area (Å²) >= 11 is 0. The summed E-state index contributed by atoms with van der Waals surface area (Å²) in [7, 11) is 0. The molecule has 1 aromatic heterocycles. The molecular weight excluding hydrogens is 365 g/mol. The molecule has 1 saturated heterocycles. The Balaban J connectivity index is 1.16. The summed E-state index contributed by atoms with van der Waals surface area (Å²) in [4.78, 5) is 8.98. The van der Waals surface area contributed by atoms with Crippen molar-refractivity contribution in [2.24, 2.45) is 0 Å². The monoisotopic (exact) mass is 393 g/mol. The van der Waals surface area contributed by atoms with E-state index in [-0.39, 0.29) is 5.82 Å². The zero-order valence-electron chi connectivity index (χ0n) is 16.7. The molecule has 2 aromatic carbocycles. The van der Waals surface area contributed by atoms with Gasteiger partial charge in [-0.1, -0.05) is 36.4 Å². The third kappa shape index (κ3) is 5.50. The summed E-state index contributed by atoms with van der Waals surface area (Å²) in [5.74, 6) is -0.225. The maximum absolute atomic E-state index is 14.3. The van der Waals surface area contributed by atoms with Crippen LogP contribution in [-0.2, 0) is 13.1 Å². The number of nitrogens with zero attached hydrogens (tertiary/aromatic N) is 4. The molecule has 0 aliphatic carbocycles. The van der Waals surface area contributed by atoms with Gasteiger partial charge in [-0.3, -0.25) is 9.80 Å². The first kappa shape index (κ1) is 19.8. The highest BCUT2D eigenvalue weighted by molar-refractivity contribution is 5.36. The molecule has 0 unspecified atom stereocenters. The molecule has 0 amide bonds. The van der Waals surface area contributed by atoms with E-state index in [1.54, 1.807) is 35.4 Å². The molecule has 1 aliphatic heterocycles. The van der Waals surface area contributed by atoms with Crippen LogP contribution in [0.2, 0.25) is 0 Å². The Morgan fingerprint density at radius 1 is 0.931 bits per heavy atom. The Labute approximate surface area is 171 Å². The SMILES string of the molecule is Fc1cc(CNCCN2CCN(Cc3ccccc3)CC2)ccc1-n1ccnc1. The van der Waals surface area contributed by atoms with Crippen LogP contribution in [0.1, 0.15) is 11.1 Å². The quantitative estimate of drug-likeness (QED) is 0.597. The zero-order valence-corrected chi connectivity index (χ0v) is 16.7. The molecule has 0 atom stereocenters. The number of hydrogen-bond donors (Lipinski definition) is 1. The summed E-state index contributed by atoms with van der Waals surface area (Å²) in [5.41, 5.74) is 2.87. The van der Waals surface area contributed by atoms with Crippen molar-refractivity contribution in [3.8, 4) is 5.69 Å². The van der Waals surface area contributed by atoms with Crippen LogP contribution in [0.5, 0.6) is 0 Å². The van der Waals surface area contributed by atoms with Gasteiger partial charge < -0.3 is 9.88 Å². The average Bonchev–Trinajstić information content (AvgIpc) is 3.28. The minimum atomic E-state index is -0.225. The molecule has 29 heavy (non-hydrogen) atoms. The molecule has 6 heteroatoms. The van der Waals surface area contributed by atoms with E-state index in [1.807, 2.05) is 6.07 Å². The lowest BCUT2D eigenvalue weighted by atomic mass is 10.2. The van der Waals surface area contributed by atoms with Crippen molar-refractivity contribution in [2.75, 3.05) is 39.3 Å². The Morgan fingerprint density at radius 2 is 1.72 bits per heavy atom. The normalized spacial score (nSPS) is 15.6. The predicted molar refractivity (Wildman–Crippen MR) is 113 cm³/mol. The summed E-state index contributed by atoms with van der Waals surface area (Å²) in [6.07, 6.45) is 5.00. The van der Waals surface area contributed by atoms with E-state index in [9.17, 15) is 4.39 Å². The van der Waals surface area contributed by atoms with Crippen molar-refractivity contribution in [3.63, 3.8) is 0 Å². The fourth-order valence-electron chi connectivity index (χ4n) is 3.75. The Bertz CT molecular complexity index is 874. The first-order valence-electron chi connectivity index (χ1n) is 10.2. The lowest BCUT2D eigenvalue weighted by Gasteiger charge is -2.34. The third-order valence-corrected chi connectivity index (χ3v) is 5.44. The largest absolute Gasteiger partial charge is 0.311 e. The molecule has 1 fully saturated rings. The second-order valence-corrected chi connectivity index (χ2v) is 7.54. The van der Waals surface area contributed by atoms with Crippen molar-refractivity contribution in [2.45, 2.75) is 13.1 Å². The van der Waals surface area contributed by atoms with E-state index in [1.165, 1.54) is 5.56 Å². The van der Waals surface area contributed by atoms with Crippen molar-refractivity contribution in [1.29, 1.82) is 0 Å². The minimum Gasteiger partial charge on any atom is -0.311 e. The number of nitrogens with one attached hydrogen (secondary N) is 1. The van der Waals surface area contributed by atoms with Gasteiger partial charge in [0.2, 0.25) is 0 Å². The highest BCUT2D eigenvalue weighted by Gasteiger charge is 2.16. The molecule has 1 N–H and O–H groups in total.